The molecule has 29 heavy (non-hydrogen) atoms. The van der Waals surface area contributed by atoms with Crippen molar-refractivity contribution in [2.45, 2.75) is 26.8 Å². The first-order valence-electron chi connectivity index (χ1n) is 8.68. The lowest BCUT2D eigenvalue weighted by Gasteiger charge is -2.17. The molecule has 9 nitrogen and oxygen atoms in total. The molecular formula is C19H20N6O3S. The van der Waals surface area contributed by atoms with Gasteiger partial charge in [0.2, 0.25) is 5.95 Å². The Morgan fingerprint density at radius 2 is 1.97 bits per heavy atom. The summed E-state index contributed by atoms with van der Waals surface area (Å²) in [5, 5.41) is 17.4. The van der Waals surface area contributed by atoms with Gasteiger partial charge >= 0.3 is 5.97 Å². The van der Waals surface area contributed by atoms with E-state index in [1.807, 2.05) is 32.9 Å². The Hall–Kier alpha value is -3.40. The lowest BCUT2D eigenvalue weighted by Crippen LogP contribution is -2.19. The molecule has 4 rings (SSSR count). The van der Waals surface area contributed by atoms with Gasteiger partial charge in [0.05, 0.1) is 24.0 Å². The second-order valence-corrected chi connectivity index (χ2v) is 6.73. The Labute approximate surface area is 172 Å². The Bertz CT molecular complexity index is 1270. The highest BCUT2D eigenvalue weighted by Crippen LogP contribution is 2.24. The fraction of sp³-hybridized carbons (Fsp3) is 0.211. The minimum absolute atomic E-state index is 0. The van der Waals surface area contributed by atoms with Gasteiger partial charge in [-0.25, -0.2) is 14.5 Å². The van der Waals surface area contributed by atoms with Crippen LogP contribution in [0.1, 0.15) is 40.0 Å². The van der Waals surface area contributed by atoms with Crippen molar-refractivity contribution in [3.8, 4) is 5.95 Å². The summed E-state index contributed by atoms with van der Waals surface area (Å²) in [6, 6.07) is 6.02. The van der Waals surface area contributed by atoms with Crippen LogP contribution < -0.4 is 5.56 Å². The number of hydrogen-bond acceptors (Lipinski definition) is 5. The van der Waals surface area contributed by atoms with Crippen LogP contribution in [0.25, 0.3) is 17.0 Å². The number of nitrogens with zero attached hydrogens (tertiary/aromatic N) is 5. The summed E-state index contributed by atoms with van der Waals surface area (Å²) in [5.74, 6) is -0.978. The molecule has 0 spiro atoms. The van der Waals surface area contributed by atoms with Gasteiger partial charge in [0, 0.05) is 6.20 Å². The maximum absolute atomic E-state index is 12.8. The van der Waals surface area contributed by atoms with Crippen LogP contribution >= 0.6 is 13.5 Å². The van der Waals surface area contributed by atoms with Gasteiger partial charge in [-0.1, -0.05) is 23.8 Å². The maximum Gasteiger partial charge on any atom is 0.338 e. The molecule has 0 amide bonds. The molecule has 0 fully saturated rings. The molecule has 0 saturated heterocycles. The SMILES string of the molecule is Cc1ccc(C)c([C@H](C)n2ncc3nc(-n4cc(C(=O)O)cn4)[nH]c(=O)c32)c1.S. The number of carboxylic acids is 1. The van der Waals surface area contributed by atoms with E-state index in [4.69, 9.17) is 5.11 Å². The van der Waals surface area contributed by atoms with E-state index in [0.717, 1.165) is 16.7 Å². The molecule has 0 bridgehead atoms. The average molecular weight is 412 g/mol. The smallest absolute Gasteiger partial charge is 0.338 e. The van der Waals surface area contributed by atoms with E-state index in [2.05, 4.69) is 26.2 Å². The molecule has 0 aliphatic rings. The molecule has 3 aromatic heterocycles. The number of nitrogens with one attached hydrogen (secondary N) is 1. The second-order valence-electron chi connectivity index (χ2n) is 6.73. The predicted molar refractivity (Wildman–Crippen MR) is 112 cm³/mol. The van der Waals surface area contributed by atoms with Crippen molar-refractivity contribution < 1.29 is 9.90 Å². The molecule has 0 aliphatic heterocycles. The molecule has 3 heterocycles. The molecule has 0 saturated carbocycles. The number of aryl methyl sites for hydroxylation is 2. The molecule has 2 N–H and O–H groups in total. The predicted octanol–water partition coefficient (Wildman–Crippen LogP) is 2.34. The third-order valence-corrected chi connectivity index (χ3v) is 4.74. The highest BCUT2D eigenvalue weighted by Gasteiger charge is 2.19. The summed E-state index contributed by atoms with van der Waals surface area (Å²) in [7, 11) is 0. The molecule has 150 valence electrons. The Morgan fingerprint density at radius 1 is 1.21 bits per heavy atom. The number of benzene rings is 1. The molecule has 1 aromatic carbocycles. The summed E-state index contributed by atoms with van der Waals surface area (Å²) in [4.78, 5) is 30.8. The lowest BCUT2D eigenvalue weighted by atomic mass is 10.00. The van der Waals surface area contributed by atoms with Crippen molar-refractivity contribution in [3.63, 3.8) is 0 Å². The largest absolute Gasteiger partial charge is 0.478 e. The summed E-state index contributed by atoms with van der Waals surface area (Å²) >= 11 is 0. The number of H-pyrrole nitrogens is 1. The van der Waals surface area contributed by atoms with Gasteiger partial charge in [-0.15, -0.1) is 0 Å². The normalized spacial score (nSPS) is 12.0. The van der Waals surface area contributed by atoms with Crippen LogP contribution in [-0.4, -0.2) is 40.6 Å². The number of aromatic nitrogens is 6. The number of carbonyl (C=O) groups is 1. The zero-order chi connectivity index (χ0) is 20.0. The topological polar surface area (TPSA) is 119 Å². The summed E-state index contributed by atoms with van der Waals surface area (Å²) in [6.07, 6.45) is 4.01. The van der Waals surface area contributed by atoms with E-state index in [1.54, 1.807) is 4.68 Å². The van der Waals surface area contributed by atoms with Crippen LogP contribution in [0.2, 0.25) is 0 Å². The lowest BCUT2D eigenvalue weighted by molar-refractivity contribution is 0.0697. The summed E-state index contributed by atoms with van der Waals surface area (Å²) < 4.78 is 2.87. The molecule has 1 atom stereocenters. The second kappa shape index (κ2) is 7.55. The van der Waals surface area contributed by atoms with Crippen molar-refractivity contribution in [1.82, 2.24) is 29.5 Å². The van der Waals surface area contributed by atoms with Crippen LogP contribution in [0.3, 0.4) is 0 Å². The van der Waals surface area contributed by atoms with Crippen LogP contribution in [0.15, 0.2) is 41.6 Å². The molecule has 10 heteroatoms. The van der Waals surface area contributed by atoms with E-state index in [-0.39, 0.29) is 36.6 Å². The van der Waals surface area contributed by atoms with E-state index >= 15 is 0 Å². The minimum atomic E-state index is -1.11. The fourth-order valence-corrected chi connectivity index (χ4v) is 3.25. The highest BCUT2D eigenvalue weighted by molar-refractivity contribution is 7.59. The van der Waals surface area contributed by atoms with Crippen molar-refractivity contribution >= 4 is 30.5 Å². The van der Waals surface area contributed by atoms with Crippen LogP contribution in [0, 0.1) is 13.8 Å². The third-order valence-electron chi connectivity index (χ3n) is 4.74. The molecular weight excluding hydrogens is 392 g/mol. The standard InChI is InChI=1S/C19H18N6O3.H2S/c1-10-4-5-11(2)14(6-10)12(3)25-16-15(8-21-25)22-19(23-17(16)26)24-9-13(7-20-24)18(27)28;/h4-9,12H,1-3H3,(H,27,28)(H,22,23,26);1H2/t12-;/m0./s1. The average Bonchev–Trinajstić information content (AvgIpc) is 3.30. The zero-order valence-corrected chi connectivity index (χ0v) is 17.0. The quantitative estimate of drug-likeness (QED) is 0.531. The number of aromatic amines is 1. The first-order valence-corrected chi connectivity index (χ1v) is 8.68. The molecule has 4 aromatic rings. The van der Waals surface area contributed by atoms with Crippen molar-refractivity contribution in [1.29, 1.82) is 0 Å². The van der Waals surface area contributed by atoms with Gasteiger partial charge in [-0.2, -0.15) is 23.7 Å². The number of rotatable bonds is 4. The van der Waals surface area contributed by atoms with Crippen molar-refractivity contribution in [3.05, 3.63) is 69.4 Å². The maximum atomic E-state index is 12.8. The Balaban J connectivity index is 0.00000240. The van der Waals surface area contributed by atoms with Crippen LogP contribution in [-0.2, 0) is 0 Å². The van der Waals surface area contributed by atoms with Crippen molar-refractivity contribution in [2.75, 3.05) is 0 Å². The van der Waals surface area contributed by atoms with Gasteiger partial charge in [-0.05, 0) is 31.9 Å². The van der Waals surface area contributed by atoms with Gasteiger partial charge in [0.1, 0.15) is 5.52 Å². The summed E-state index contributed by atoms with van der Waals surface area (Å²) in [5.41, 5.74) is 3.70. The first kappa shape index (κ1) is 20.3. The number of aromatic carboxylic acids is 1. The number of hydrogen-bond donors (Lipinski definition) is 2. The Kier molecular flexibility index (Phi) is 5.29. The van der Waals surface area contributed by atoms with Gasteiger partial charge < -0.3 is 5.11 Å². The van der Waals surface area contributed by atoms with E-state index in [1.165, 1.54) is 23.3 Å². The highest BCUT2D eigenvalue weighted by atomic mass is 32.1. The fourth-order valence-electron chi connectivity index (χ4n) is 3.25. The minimum Gasteiger partial charge on any atom is -0.478 e. The van der Waals surface area contributed by atoms with E-state index < -0.39 is 5.97 Å². The molecule has 0 unspecified atom stereocenters. The number of fused-ring (bicyclic) bond motifs is 1. The third kappa shape index (κ3) is 3.54. The molecule has 0 aliphatic carbocycles. The van der Waals surface area contributed by atoms with Crippen molar-refractivity contribution in [2.24, 2.45) is 0 Å². The van der Waals surface area contributed by atoms with Gasteiger partial charge in [-0.3, -0.25) is 14.5 Å². The summed E-state index contributed by atoms with van der Waals surface area (Å²) in [6.45, 7) is 6.02. The van der Waals surface area contributed by atoms with E-state index in [0.29, 0.717) is 11.0 Å². The number of carboxylic acid groups (broad SMARTS) is 1. The first-order chi connectivity index (χ1) is 13.3. The van der Waals surface area contributed by atoms with Crippen LogP contribution in [0.4, 0.5) is 0 Å². The van der Waals surface area contributed by atoms with E-state index in [9.17, 15) is 9.59 Å². The monoisotopic (exact) mass is 412 g/mol. The van der Waals surface area contributed by atoms with Gasteiger partial charge in [0.25, 0.3) is 5.56 Å². The Morgan fingerprint density at radius 3 is 2.66 bits per heavy atom. The van der Waals surface area contributed by atoms with Crippen LogP contribution in [0.5, 0.6) is 0 Å². The molecule has 0 radical (unpaired) electrons. The zero-order valence-electron chi connectivity index (χ0n) is 16.0. The van der Waals surface area contributed by atoms with Gasteiger partial charge in [0.15, 0.2) is 5.52 Å².